The van der Waals surface area contributed by atoms with Gasteiger partial charge in [-0.25, -0.2) is 4.79 Å². The van der Waals surface area contributed by atoms with Gasteiger partial charge in [-0.3, -0.25) is 0 Å². The van der Waals surface area contributed by atoms with E-state index in [0.717, 1.165) is 17.7 Å². The summed E-state index contributed by atoms with van der Waals surface area (Å²) in [5, 5.41) is 11.7. The van der Waals surface area contributed by atoms with Crippen molar-refractivity contribution in [2.45, 2.75) is 13.1 Å². The molecule has 0 atom stereocenters. The first-order chi connectivity index (χ1) is 9.71. The normalized spacial score (nSPS) is 11.2. The predicted molar refractivity (Wildman–Crippen MR) is 72.5 cm³/mol. The summed E-state index contributed by atoms with van der Waals surface area (Å²) >= 11 is 0. The van der Waals surface area contributed by atoms with Crippen LogP contribution in [0.4, 0.5) is 18.9 Å². The highest BCUT2D eigenvalue weighted by atomic mass is 19.4. The molecule has 21 heavy (non-hydrogen) atoms. The number of nitrogens with one attached hydrogen (secondary N) is 1. The Morgan fingerprint density at radius 3 is 2.62 bits per heavy atom. The van der Waals surface area contributed by atoms with Crippen LogP contribution in [0.1, 0.15) is 22.8 Å². The molecule has 0 radical (unpaired) electrons. The average Bonchev–Trinajstić information content (AvgIpc) is 2.36. The fourth-order valence-electron chi connectivity index (χ4n) is 1.59. The molecule has 1 aromatic carbocycles. The van der Waals surface area contributed by atoms with Gasteiger partial charge in [0.15, 0.2) is 0 Å². The lowest BCUT2D eigenvalue weighted by Gasteiger charge is -2.13. The van der Waals surface area contributed by atoms with Crippen LogP contribution >= 0.6 is 0 Å². The molecule has 0 bridgehead atoms. The van der Waals surface area contributed by atoms with Crippen molar-refractivity contribution >= 4 is 11.7 Å². The summed E-state index contributed by atoms with van der Waals surface area (Å²) in [6.45, 7) is 6.54. The van der Waals surface area contributed by atoms with Crippen molar-refractivity contribution in [1.29, 1.82) is 0 Å². The molecule has 1 aromatic rings. The van der Waals surface area contributed by atoms with Crippen LogP contribution in [0.5, 0.6) is 0 Å². The van der Waals surface area contributed by atoms with E-state index in [2.05, 4.69) is 11.9 Å². The van der Waals surface area contributed by atoms with Crippen molar-refractivity contribution in [3.63, 3.8) is 0 Å². The lowest BCUT2D eigenvalue weighted by Crippen LogP contribution is -2.15. The lowest BCUT2D eigenvalue weighted by molar-refractivity contribution is -0.138. The number of aromatic carboxylic acids is 1. The van der Waals surface area contributed by atoms with E-state index in [1.54, 1.807) is 0 Å². The van der Waals surface area contributed by atoms with Gasteiger partial charge in [-0.15, -0.1) is 0 Å². The first kappa shape index (κ1) is 17.0. The van der Waals surface area contributed by atoms with Gasteiger partial charge in [0.1, 0.15) is 0 Å². The molecule has 0 amide bonds. The van der Waals surface area contributed by atoms with Crippen molar-refractivity contribution < 1.29 is 27.8 Å². The Labute approximate surface area is 120 Å². The van der Waals surface area contributed by atoms with E-state index in [1.807, 2.05) is 6.92 Å². The van der Waals surface area contributed by atoms with E-state index in [0.29, 0.717) is 25.4 Å². The second-order valence-electron chi connectivity index (χ2n) is 4.50. The van der Waals surface area contributed by atoms with E-state index < -0.39 is 23.3 Å². The molecule has 0 saturated carbocycles. The first-order valence-corrected chi connectivity index (χ1v) is 6.12. The maximum Gasteiger partial charge on any atom is 0.417 e. The maximum atomic E-state index is 12.7. The number of ether oxygens (including phenoxy) is 1. The van der Waals surface area contributed by atoms with Gasteiger partial charge in [-0.05, 0) is 25.1 Å². The van der Waals surface area contributed by atoms with Crippen LogP contribution in [0.3, 0.4) is 0 Å². The van der Waals surface area contributed by atoms with Gasteiger partial charge in [0.05, 0.1) is 24.3 Å². The number of halogens is 3. The Morgan fingerprint density at radius 1 is 1.43 bits per heavy atom. The minimum Gasteiger partial charge on any atom is -0.478 e. The van der Waals surface area contributed by atoms with Crippen LogP contribution < -0.4 is 5.32 Å². The zero-order chi connectivity index (χ0) is 16.0. The summed E-state index contributed by atoms with van der Waals surface area (Å²) in [6.07, 6.45) is -4.70. The summed E-state index contributed by atoms with van der Waals surface area (Å²) in [4.78, 5) is 10.9. The molecule has 0 unspecified atom stereocenters. The Kier molecular flexibility index (Phi) is 5.78. The SMILES string of the molecule is C=C(C)COCCNc1ccc(C(F)(F)F)c(C(=O)O)c1. The predicted octanol–water partition coefficient (Wildman–Crippen LogP) is 3.41. The highest BCUT2D eigenvalue weighted by molar-refractivity contribution is 5.91. The number of anilines is 1. The molecule has 4 nitrogen and oxygen atoms in total. The van der Waals surface area contributed by atoms with Gasteiger partial charge in [-0.1, -0.05) is 12.2 Å². The van der Waals surface area contributed by atoms with Crippen LogP contribution in [-0.2, 0) is 10.9 Å². The highest BCUT2D eigenvalue weighted by Gasteiger charge is 2.35. The molecule has 0 heterocycles. The molecule has 7 heteroatoms. The molecule has 2 N–H and O–H groups in total. The van der Waals surface area contributed by atoms with Gasteiger partial charge < -0.3 is 15.2 Å². The van der Waals surface area contributed by atoms with E-state index in [9.17, 15) is 18.0 Å². The third-order valence-electron chi connectivity index (χ3n) is 2.48. The third-order valence-corrected chi connectivity index (χ3v) is 2.48. The van der Waals surface area contributed by atoms with Gasteiger partial charge in [0, 0.05) is 12.2 Å². The van der Waals surface area contributed by atoms with Crippen molar-refractivity contribution in [2.75, 3.05) is 25.1 Å². The monoisotopic (exact) mass is 303 g/mol. The third kappa shape index (κ3) is 5.47. The Bertz CT molecular complexity index is 527. The van der Waals surface area contributed by atoms with Gasteiger partial charge >= 0.3 is 12.1 Å². The Hall–Kier alpha value is -2.02. The second-order valence-corrected chi connectivity index (χ2v) is 4.50. The van der Waals surface area contributed by atoms with E-state index >= 15 is 0 Å². The zero-order valence-electron chi connectivity index (χ0n) is 11.5. The number of carboxylic acids is 1. The summed E-state index contributed by atoms with van der Waals surface area (Å²) in [7, 11) is 0. The second kappa shape index (κ2) is 7.12. The molecular weight excluding hydrogens is 287 g/mol. The van der Waals surface area contributed by atoms with Crippen LogP contribution in [0.15, 0.2) is 30.4 Å². The largest absolute Gasteiger partial charge is 0.478 e. The zero-order valence-corrected chi connectivity index (χ0v) is 11.5. The standard InChI is InChI=1S/C14H16F3NO3/c1-9(2)8-21-6-5-18-10-3-4-12(14(15,16)17)11(7-10)13(19)20/h3-4,7,18H,1,5-6,8H2,2H3,(H,19,20). The molecule has 0 saturated heterocycles. The summed E-state index contributed by atoms with van der Waals surface area (Å²) < 4.78 is 43.2. The fraction of sp³-hybridized carbons (Fsp3) is 0.357. The molecule has 0 aliphatic carbocycles. The van der Waals surface area contributed by atoms with Crippen molar-refractivity contribution in [3.05, 3.63) is 41.5 Å². The molecule has 0 aromatic heterocycles. The van der Waals surface area contributed by atoms with Crippen molar-refractivity contribution in [1.82, 2.24) is 0 Å². The Morgan fingerprint density at radius 2 is 2.10 bits per heavy atom. The summed E-state index contributed by atoms with van der Waals surface area (Å²) in [6, 6.07) is 2.90. The van der Waals surface area contributed by atoms with E-state index in [1.165, 1.54) is 6.07 Å². The molecule has 1 rings (SSSR count). The fourth-order valence-corrected chi connectivity index (χ4v) is 1.59. The average molecular weight is 303 g/mol. The molecule has 0 aliphatic rings. The Balaban J connectivity index is 2.71. The van der Waals surface area contributed by atoms with Crippen LogP contribution in [0.2, 0.25) is 0 Å². The van der Waals surface area contributed by atoms with Gasteiger partial charge in [0.25, 0.3) is 0 Å². The minimum atomic E-state index is -4.70. The molecule has 116 valence electrons. The van der Waals surface area contributed by atoms with Crippen molar-refractivity contribution in [2.24, 2.45) is 0 Å². The summed E-state index contributed by atoms with van der Waals surface area (Å²) in [5.74, 6) is -1.62. The van der Waals surface area contributed by atoms with Crippen LogP contribution in [0, 0.1) is 0 Å². The number of carbonyl (C=O) groups is 1. The molecule has 0 fully saturated rings. The quantitative estimate of drug-likeness (QED) is 0.598. The number of benzene rings is 1. The first-order valence-electron chi connectivity index (χ1n) is 6.12. The van der Waals surface area contributed by atoms with Gasteiger partial charge in [-0.2, -0.15) is 13.2 Å². The smallest absolute Gasteiger partial charge is 0.417 e. The van der Waals surface area contributed by atoms with Gasteiger partial charge in [0.2, 0.25) is 0 Å². The molecule has 0 aliphatic heterocycles. The molecule has 0 spiro atoms. The number of alkyl halides is 3. The maximum absolute atomic E-state index is 12.7. The van der Waals surface area contributed by atoms with E-state index in [-0.39, 0.29) is 0 Å². The topological polar surface area (TPSA) is 58.6 Å². The van der Waals surface area contributed by atoms with E-state index in [4.69, 9.17) is 9.84 Å². The number of rotatable bonds is 7. The van der Waals surface area contributed by atoms with Crippen LogP contribution in [-0.4, -0.2) is 30.8 Å². The minimum absolute atomic E-state index is 0.291. The van der Waals surface area contributed by atoms with Crippen molar-refractivity contribution in [3.8, 4) is 0 Å². The number of carboxylic acid groups (broad SMARTS) is 1. The van der Waals surface area contributed by atoms with Crippen LogP contribution in [0.25, 0.3) is 0 Å². The number of hydrogen-bond donors (Lipinski definition) is 2. The number of hydrogen-bond acceptors (Lipinski definition) is 3. The summed E-state index contributed by atoms with van der Waals surface area (Å²) in [5.41, 5.74) is -0.800. The molecular formula is C14H16F3NO3. The lowest BCUT2D eigenvalue weighted by atomic mass is 10.1. The highest BCUT2D eigenvalue weighted by Crippen LogP contribution is 2.33.